The Labute approximate surface area is 120 Å². The van der Waals surface area contributed by atoms with E-state index in [1.54, 1.807) is 0 Å². The summed E-state index contributed by atoms with van der Waals surface area (Å²) in [6.45, 7) is 0.148. The Bertz CT molecular complexity index is 564. The summed E-state index contributed by atoms with van der Waals surface area (Å²) in [6, 6.07) is 1.95. The minimum Gasteiger partial charge on any atom is -0.480 e. The average Bonchev–Trinajstić information content (AvgIpc) is 2.86. The number of amides is 1. The van der Waals surface area contributed by atoms with E-state index in [4.69, 9.17) is 9.84 Å². The fourth-order valence-electron chi connectivity index (χ4n) is 2.41. The molecule has 0 aromatic heterocycles. The van der Waals surface area contributed by atoms with Crippen LogP contribution in [0.1, 0.15) is 12.0 Å². The number of nitrogens with zero attached hydrogens (tertiary/aromatic N) is 1. The standard InChI is InChI=1S/C14H15F2NO4/c1-21-10-6-12(14(19)20)17(7-10)13(18)4-8-2-3-9(15)5-11(8)16/h2-3,5,10,12H,4,6-7H2,1H3,(H,19,20). The van der Waals surface area contributed by atoms with E-state index in [1.165, 1.54) is 18.1 Å². The molecule has 21 heavy (non-hydrogen) atoms. The first kappa shape index (κ1) is 15.4. The molecule has 0 radical (unpaired) electrons. The molecule has 1 aliphatic heterocycles. The number of carbonyl (C=O) groups is 2. The number of hydrogen-bond acceptors (Lipinski definition) is 3. The first-order valence-electron chi connectivity index (χ1n) is 6.41. The molecule has 1 aromatic carbocycles. The predicted octanol–water partition coefficient (Wildman–Crippen LogP) is 1.21. The van der Waals surface area contributed by atoms with Crippen molar-refractivity contribution in [3.8, 4) is 0 Å². The van der Waals surface area contributed by atoms with Crippen LogP contribution in [-0.2, 0) is 20.7 Å². The summed E-state index contributed by atoms with van der Waals surface area (Å²) < 4.78 is 31.4. The van der Waals surface area contributed by atoms with Gasteiger partial charge in [-0.05, 0) is 11.6 Å². The molecule has 114 valence electrons. The van der Waals surface area contributed by atoms with Gasteiger partial charge in [-0.2, -0.15) is 0 Å². The summed E-state index contributed by atoms with van der Waals surface area (Å²) in [4.78, 5) is 24.5. The summed E-state index contributed by atoms with van der Waals surface area (Å²) in [5.41, 5.74) is 0.0337. The molecular formula is C14H15F2NO4. The van der Waals surface area contributed by atoms with Gasteiger partial charge in [0.15, 0.2) is 0 Å². The van der Waals surface area contributed by atoms with Crippen LogP contribution in [0.5, 0.6) is 0 Å². The Morgan fingerprint density at radius 2 is 2.14 bits per heavy atom. The van der Waals surface area contributed by atoms with Crippen LogP contribution in [0, 0.1) is 11.6 Å². The number of halogens is 2. The zero-order valence-corrected chi connectivity index (χ0v) is 11.4. The maximum Gasteiger partial charge on any atom is 0.326 e. The maximum absolute atomic E-state index is 13.5. The molecule has 2 rings (SSSR count). The molecule has 1 N–H and O–H groups in total. The number of methoxy groups -OCH3 is 1. The quantitative estimate of drug-likeness (QED) is 0.907. The average molecular weight is 299 g/mol. The third kappa shape index (κ3) is 3.36. The Kier molecular flexibility index (Phi) is 4.52. The van der Waals surface area contributed by atoms with Crippen molar-refractivity contribution in [3.63, 3.8) is 0 Å². The molecule has 0 saturated carbocycles. The van der Waals surface area contributed by atoms with E-state index in [-0.39, 0.29) is 31.1 Å². The number of aliphatic carboxylic acids is 1. The SMILES string of the molecule is COC1CC(C(=O)O)N(C(=O)Cc2ccc(F)cc2F)C1. The van der Waals surface area contributed by atoms with Gasteiger partial charge >= 0.3 is 5.97 Å². The molecule has 0 bridgehead atoms. The van der Waals surface area contributed by atoms with Crippen LogP contribution < -0.4 is 0 Å². The monoisotopic (exact) mass is 299 g/mol. The molecule has 2 unspecified atom stereocenters. The van der Waals surface area contributed by atoms with Crippen molar-refractivity contribution in [2.75, 3.05) is 13.7 Å². The summed E-state index contributed by atoms with van der Waals surface area (Å²) in [6.07, 6.45) is -0.469. The van der Waals surface area contributed by atoms with Gasteiger partial charge in [-0.15, -0.1) is 0 Å². The van der Waals surface area contributed by atoms with Crippen molar-refractivity contribution in [2.45, 2.75) is 25.0 Å². The van der Waals surface area contributed by atoms with Crippen molar-refractivity contribution >= 4 is 11.9 Å². The van der Waals surface area contributed by atoms with E-state index in [0.717, 1.165) is 6.07 Å². The van der Waals surface area contributed by atoms with Crippen molar-refractivity contribution in [3.05, 3.63) is 35.4 Å². The lowest BCUT2D eigenvalue weighted by Gasteiger charge is -2.21. The van der Waals surface area contributed by atoms with Crippen molar-refractivity contribution in [1.82, 2.24) is 4.90 Å². The van der Waals surface area contributed by atoms with Gasteiger partial charge in [-0.25, -0.2) is 13.6 Å². The fourth-order valence-corrected chi connectivity index (χ4v) is 2.41. The smallest absolute Gasteiger partial charge is 0.326 e. The fraction of sp³-hybridized carbons (Fsp3) is 0.429. The zero-order valence-electron chi connectivity index (χ0n) is 11.4. The van der Waals surface area contributed by atoms with Crippen LogP contribution in [0.3, 0.4) is 0 Å². The molecule has 0 spiro atoms. The van der Waals surface area contributed by atoms with Crippen molar-refractivity contribution in [1.29, 1.82) is 0 Å². The predicted molar refractivity (Wildman–Crippen MR) is 68.6 cm³/mol. The number of carboxylic acids is 1. The Hall–Kier alpha value is -2.02. The normalized spacial score (nSPS) is 21.6. The molecule has 5 nitrogen and oxygen atoms in total. The van der Waals surface area contributed by atoms with Crippen molar-refractivity contribution in [2.24, 2.45) is 0 Å². The second-order valence-electron chi connectivity index (χ2n) is 4.91. The lowest BCUT2D eigenvalue weighted by molar-refractivity contribution is -0.148. The molecule has 1 aromatic rings. The zero-order chi connectivity index (χ0) is 15.6. The van der Waals surface area contributed by atoms with E-state index >= 15 is 0 Å². The summed E-state index contributed by atoms with van der Waals surface area (Å²) in [7, 11) is 1.44. The number of rotatable bonds is 4. The second kappa shape index (κ2) is 6.17. The highest BCUT2D eigenvalue weighted by Crippen LogP contribution is 2.22. The number of carbonyl (C=O) groups excluding carboxylic acids is 1. The number of benzene rings is 1. The van der Waals surface area contributed by atoms with Gasteiger partial charge in [0.05, 0.1) is 12.5 Å². The van der Waals surface area contributed by atoms with Gasteiger partial charge in [0.2, 0.25) is 5.91 Å². The Morgan fingerprint density at radius 1 is 1.43 bits per heavy atom. The van der Waals surface area contributed by atoms with Crippen LogP contribution in [-0.4, -0.2) is 47.7 Å². The van der Waals surface area contributed by atoms with Crippen LogP contribution in [0.4, 0.5) is 8.78 Å². The van der Waals surface area contributed by atoms with E-state index < -0.39 is 29.6 Å². The molecule has 1 fully saturated rings. The largest absolute Gasteiger partial charge is 0.480 e. The Balaban J connectivity index is 2.13. The molecule has 1 amide bonds. The summed E-state index contributed by atoms with van der Waals surface area (Å²) in [5, 5.41) is 9.13. The summed E-state index contributed by atoms with van der Waals surface area (Å²) >= 11 is 0. The first-order chi connectivity index (χ1) is 9.92. The number of ether oxygens (including phenoxy) is 1. The van der Waals surface area contributed by atoms with Gasteiger partial charge < -0.3 is 14.7 Å². The van der Waals surface area contributed by atoms with Gasteiger partial charge in [0, 0.05) is 26.1 Å². The van der Waals surface area contributed by atoms with Crippen LogP contribution in [0.25, 0.3) is 0 Å². The number of hydrogen-bond donors (Lipinski definition) is 1. The Morgan fingerprint density at radius 3 is 2.71 bits per heavy atom. The topological polar surface area (TPSA) is 66.8 Å². The highest BCUT2D eigenvalue weighted by molar-refractivity contribution is 5.85. The van der Waals surface area contributed by atoms with E-state index in [1.807, 2.05) is 0 Å². The van der Waals surface area contributed by atoms with Gasteiger partial charge in [0.25, 0.3) is 0 Å². The van der Waals surface area contributed by atoms with E-state index in [2.05, 4.69) is 0 Å². The molecule has 1 heterocycles. The molecular weight excluding hydrogens is 284 g/mol. The van der Waals surface area contributed by atoms with Crippen LogP contribution in [0.15, 0.2) is 18.2 Å². The molecule has 7 heteroatoms. The molecule has 1 aliphatic rings. The third-order valence-corrected chi connectivity index (χ3v) is 3.56. The van der Waals surface area contributed by atoms with Gasteiger partial charge in [-0.3, -0.25) is 4.79 Å². The summed E-state index contributed by atoms with van der Waals surface area (Å²) in [5.74, 6) is -3.19. The molecule has 2 atom stereocenters. The first-order valence-corrected chi connectivity index (χ1v) is 6.41. The van der Waals surface area contributed by atoms with Gasteiger partial charge in [0.1, 0.15) is 17.7 Å². The van der Waals surface area contributed by atoms with Crippen LogP contribution >= 0.6 is 0 Å². The van der Waals surface area contributed by atoms with Crippen molar-refractivity contribution < 1.29 is 28.2 Å². The minimum absolute atomic E-state index is 0.0337. The minimum atomic E-state index is -1.12. The highest BCUT2D eigenvalue weighted by atomic mass is 19.1. The second-order valence-corrected chi connectivity index (χ2v) is 4.91. The number of likely N-dealkylation sites (tertiary alicyclic amines) is 1. The molecule has 1 saturated heterocycles. The third-order valence-electron chi connectivity index (χ3n) is 3.56. The van der Waals surface area contributed by atoms with E-state index in [0.29, 0.717) is 6.07 Å². The van der Waals surface area contributed by atoms with Gasteiger partial charge in [-0.1, -0.05) is 6.07 Å². The van der Waals surface area contributed by atoms with Crippen LogP contribution in [0.2, 0.25) is 0 Å². The lowest BCUT2D eigenvalue weighted by Crippen LogP contribution is -2.41. The van der Waals surface area contributed by atoms with E-state index in [9.17, 15) is 18.4 Å². The highest BCUT2D eigenvalue weighted by Gasteiger charge is 2.39. The lowest BCUT2D eigenvalue weighted by atomic mass is 10.1. The maximum atomic E-state index is 13.5. The number of carboxylic acid groups (broad SMARTS) is 1. The molecule has 0 aliphatic carbocycles.